The molecule has 2 aromatic heterocycles. The Balaban J connectivity index is 0.000000470. The van der Waals surface area contributed by atoms with Crippen LogP contribution < -0.4 is 4.74 Å². The summed E-state index contributed by atoms with van der Waals surface area (Å²) in [4.78, 5) is 22.6. The summed E-state index contributed by atoms with van der Waals surface area (Å²) in [6.07, 6.45) is 1.32. The molecule has 1 aliphatic rings. The molecule has 1 aliphatic carbocycles. The standard InChI is InChI=1S/C25H22ClFN4OS.C2HF3O2/c1-32-22-14-16(6-11-20(22)26)19-4-2-5-21-24(19)31(18-9-7-17(27)8-10-18)25(30-21)33-15-23-28-12-3-13-29-23;3-2(4,5)1(6)7/h3,6-14,19H,2,4-5,15H2,1H3;(H,6,7). The molecule has 7 nitrogen and oxygen atoms in total. The number of aliphatic carboxylic acids is 1. The molecule has 0 bridgehead atoms. The summed E-state index contributed by atoms with van der Waals surface area (Å²) in [5.41, 5.74) is 4.22. The number of hydrogen-bond acceptors (Lipinski definition) is 6. The maximum absolute atomic E-state index is 13.7. The molecule has 210 valence electrons. The van der Waals surface area contributed by atoms with Crippen LogP contribution in [0.3, 0.4) is 0 Å². The fraction of sp³-hybridized carbons (Fsp3) is 0.259. The maximum Gasteiger partial charge on any atom is 0.490 e. The van der Waals surface area contributed by atoms with Crippen molar-refractivity contribution in [1.82, 2.24) is 19.5 Å². The average molecular weight is 595 g/mol. The van der Waals surface area contributed by atoms with Gasteiger partial charge in [-0.3, -0.25) is 4.57 Å². The Labute approximate surface area is 236 Å². The largest absolute Gasteiger partial charge is 0.495 e. The molecule has 0 saturated heterocycles. The van der Waals surface area contributed by atoms with Crippen LogP contribution in [-0.4, -0.2) is 43.9 Å². The lowest BCUT2D eigenvalue weighted by molar-refractivity contribution is -0.192. The number of nitrogens with zero attached hydrogens (tertiary/aromatic N) is 4. The normalized spacial score (nSPS) is 14.6. The molecule has 13 heteroatoms. The van der Waals surface area contributed by atoms with Gasteiger partial charge in [-0.15, -0.1) is 0 Å². The number of fused-ring (bicyclic) bond motifs is 1. The van der Waals surface area contributed by atoms with Crippen LogP contribution in [0.1, 0.15) is 41.5 Å². The first-order valence-electron chi connectivity index (χ1n) is 12.0. The fourth-order valence-electron chi connectivity index (χ4n) is 4.29. The highest BCUT2D eigenvalue weighted by Crippen LogP contribution is 2.42. The minimum Gasteiger partial charge on any atom is -0.495 e. The van der Waals surface area contributed by atoms with Crippen molar-refractivity contribution in [2.24, 2.45) is 0 Å². The highest BCUT2D eigenvalue weighted by atomic mass is 35.5. The van der Waals surface area contributed by atoms with Gasteiger partial charge in [-0.2, -0.15) is 13.2 Å². The van der Waals surface area contributed by atoms with Crippen molar-refractivity contribution in [2.75, 3.05) is 7.11 Å². The first kappa shape index (κ1) is 29.3. The number of alkyl halides is 3. The summed E-state index contributed by atoms with van der Waals surface area (Å²) in [6, 6.07) is 14.3. The summed E-state index contributed by atoms with van der Waals surface area (Å²) < 4.78 is 53.1. The lowest BCUT2D eigenvalue weighted by Crippen LogP contribution is -2.21. The van der Waals surface area contributed by atoms with Crippen LogP contribution in [0.25, 0.3) is 5.69 Å². The second kappa shape index (κ2) is 12.7. The van der Waals surface area contributed by atoms with Gasteiger partial charge >= 0.3 is 12.1 Å². The Morgan fingerprint density at radius 2 is 1.85 bits per heavy atom. The second-order valence-corrected chi connectivity index (χ2v) is 9.98. The van der Waals surface area contributed by atoms with Crippen LogP contribution in [0, 0.1) is 5.82 Å². The Morgan fingerprint density at radius 3 is 2.48 bits per heavy atom. The van der Waals surface area contributed by atoms with Gasteiger partial charge in [0, 0.05) is 24.0 Å². The van der Waals surface area contributed by atoms with Gasteiger partial charge in [0.05, 0.1) is 29.3 Å². The molecule has 4 aromatic rings. The molecule has 0 spiro atoms. The van der Waals surface area contributed by atoms with E-state index in [-0.39, 0.29) is 11.7 Å². The van der Waals surface area contributed by atoms with Gasteiger partial charge in [0.1, 0.15) is 17.4 Å². The molecule has 0 radical (unpaired) electrons. The predicted octanol–water partition coefficient (Wildman–Crippen LogP) is 6.86. The van der Waals surface area contributed by atoms with Gasteiger partial charge < -0.3 is 9.84 Å². The number of thioether (sulfide) groups is 1. The number of methoxy groups -OCH3 is 1. The summed E-state index contributed by atoms with van der Waals surface area (Å²) in [5.74, 6) is -0.902. The van der Waals surface area contributed by atoms with Crippen LogP contribution in [-0.2, 0) is 17.0 Å². The Morgan fingerprint density at radius 1 is 1.18 bits per heavy atom. The molecular weight excluding hydrogens is 572 g/mol. The quantitative estimate of drug-likeness (QED) is 0.193. The molecule has 0 fully saturated rings. The molecule has 0 saturated carbocycles. The molecule has 0 amide bonds. The minimum absolute atomic E-state index is 0.125. The zero-order valence-corrected chi connectivity index (χ0v) is 22.6. The van der Waals surface area contributed by atoms with Crippen molar-refractivity contribution in [3.05, 3.63) is 94.5 Å². The number of hydrogen-bond donors (Lipinski definition) is 1. The third-order valence-electron chi connectivity index (χ3n) is 6.05. The Bertz CT molecular complexity index is 1470. The average Bonchev–Trinajstić information content (AvgIpc) is 3.32. The van der Waals surface area contributed by atoms with E-state index in [1.165, 1.54) is 12.1 Å². The highest BCUT2D eigenvalue weighted by Gasteiger charge is 2.38. The molecule has 0 aliphatic heterocycles. The van der Waals surface area contributed by atoms with E-state index >= 15 is 0 Å². The summed E-state index contributed by atoms with van der Waals surface area (Å²) in [5, 5.41) is 8.57. The minimum atomic E-state index is -5.08. The Hall–Kier alpha value is -3.64. The fourth-order valence-corrected chi connectivity index (χ4v) is 5.40. The number of carboxylic acid groups (broad SMARTS) is 1. The van der Waals surface area contributed by atoms with Crippen molar-refractivity contribution in [2.45, 2.75) is 42.3 Å². The lowest BCUT2D eigenvalue weighted by atomic mass is 9.84. The summed E-state index contributed by atoms with van der Waals surface area (Å²) >= 11 is 7.88. The van der Waals surface area contributed by atoms with Gasteiger partial charge in [-0.1, -0.05) is 29.4 Å². The van der Waals surface area contributed by atoms with Crippen molar-refractivity contribution in [1.29, 1.82) is 0 Å². The van der Waals surface area contributed by atoms with E-state index < -0.39 is 12.1 Å². The van der Waals surface area contributed by atoms with Crippen molar-refractivity contribution < 1.29 is 32.2 Å². The van der Waals surface area contributed by atoms with Crippen LogP contribution in [0.2, 0.25) is 5.02 Å². The molecule has 1 unspecified atom stereocenters. The van der Waals surface area contributed by atoms with Crippen molar-refractivity contribution in [3.63, 3.8) is 0 Å². The van der Waals surface area contributed by atoms with E-state index in [1.54, 1.807) is 49.5 Å². The Kier molecular flexibility index (Phi) is 9.31. The summed E-state index contributed by atoms with van der Waals surface area (Å²) in [6.45, 7) is 0. The second-order valence-electron chi connectivity index (χ2n) is 8.63. The van der Waals surface area contributed by atoms with E-state index in [2.05, 4.69) is 20.6 Å². The van der Waals surface area contributed by atoms with Gasteiger partial charge in [0.25, 0.3) is 0 Å². The lowest BCUT2D eigenvalue weighted by Gasteiger charge is -2.25. The molecular formula is C27H23ClF4N4O3S. The van der Waals surface area contributed by atoms with Crippen LogP contribution in [0.5, 0.6) is 5.75 Å². The first-order valence-corrected chi connectivity index (χ1v) is 13.3. The zero-order valence-electron chi connectivity index (χ0n) is 21.0. The number of ether oxygens (including phenoxy) is 1. The number of imidazole rings is 1. The summed E-state index contributed by atoms with van der Waals surface area (Å²) in [7, 11) is 1.63. The third kappa shape index (κ3) is 6.92. The van der Waals surface area contributed by atoms with Crippen LogP contribution >= 0.6 is 23.4 Å². The molecule has 40 heavy (non-hydrogen) atoms. The number of benzene rings is 2. The molecule has 1 atom stereocenters. The molecule has 2 aromatic carbocycles. The van der Waals surface area contributed by atoms with E-state index in [0.717, 1.165) is 52.9 Å². The number of halogens is 5. The van der Waals surface area contributed by atoms with Crippen LogP contribution in [0.4, 0.5) is 17.6 Å². The zero-order chi connectivity index (χ0) is 28.9. The van der Waals surface area contributed by atoms with Gasteiger partial charge in [-0.05, 0) is 67.3 Å². The monoisotopic (exact) mass is 594 g/mol. The smallest absolute Gasteiger partial charge is 0.490 e. The predicted molar refractivity (Wildman–Crippen MR) is 142 cm³/mol. The van der Waals surface area contributed by atoms with Crippen LogP contribution in [0.15, 0.2) is 66.1 Å². The first-order chi connectivity index (χ1) is 19.1. The molecule has 2 heterocycles. The van der Waals surface area contributed by atoms with Gasteiger partial charge in [0.15, 0.2) is 5.16 Å². The van der Waals surface area contributed by atoms with Gasteiger partial charge in [-0.25, -0.2) is 24.1 Å². The van der Waals surface area contributed by atoms with E-state index in [1.807, 2.05) is 12.1 Å². The number of aryl methyl sites for hydroxylation is 1. The topological polar surface area (TPSA) is 90.1 Å². The van der Waals surface area contributed by atoms with Crippen molar-refractivity contribution in [3.8, 4) is 11.4 Å². The SMILES string of the molecule is COc1cc(C2CCCc3nc(SCc4ncccn4)n(-c4ccc(F)cc4)c32)ccc1Cl.O=C(O)C(F)(F)F. The third-order valence-corrected chi connectivity index (χ3v) is 7.30. The number of carbonyl (C=O) groups is 1. The van der Waals surface area contributed by atoms with Crippen molar-refractivity contribution >= 4 is 29.3 Å². The maximum atomic E-state index is 13.7. The van der Waals surface area contributed by atoms with Gasteiger partial charge in [0.2, 0.25) is 0 Å². The molecule has 5 rings (SSSR count). The number of aromatic nitrogens is 4. The molecule has 1 N–H and O–H groups in total. The number of rotatable bonds is 6. The van der Waals surface area contributed by atoms with E-state index in [9.17, 15) is 17.6 Å². The number of carboxylic acids is 1. The highest BCUT2D eigenvalue weighted by molar-refractivity contribution is 7.98. The van der Waals surface area contributed by atoms with E-state index in [0.29, 0.717) is 16.5 Å². The van der Waals surface area contributed by atoms with E-state index in [4.69, 9.17) is 31.2 Å².